The molecule has 4 unspecified atom stereocenters. The lowest BCUT2D eigenvalue weighted by molar-refractivity contribution is -0.214. The summed E-state index contributed by atoms with van der Waals surface area (Å²) in [5, 5.41) is 22.1. The summed E-state index contributed by atoms with van der Waals surface area (Å²) in [6, 6.07) is 0.187. The largest absolute Gasteiger partial charge is 0.390 e. The molecule has 10 atom stereocenters. The van der Waals surface area contributed by atoms with Gasteiger partial charge in [-0.05, 0) is 85.4 Å². The number of hydrogen-bond acceptors (Lipinski definition) is 3. The Kier molecular flexibility index (Phi) is 6.31. The minimum Gasteiger partial charge on any atom is -0.390 e. The lowest BCUT2D eigenvalue weighted by atomic mass is 9.43. The van der Waals surface area contributed by atoms with Crippen LogP contribution in [0.15, 0.2) is 12.7 Å². The van der Waals surface area contributed by atoms with Crippen LogP contribution in [0.25, 0.3) is 0 Å². The molecule has 0 bridgehead atoms. The Labute approximate surface area is 166 Å². The molecule has 0 aliphatic heterocycles. The molecule has 3 nitrogen and oxygen atoms in total. The first kappa shape index (κ1) is 22.2. The summed E-state index contributed by atoms with van der Waals surface area (Å²) in [5.41, 5.74) is 6.62. The summed E-state index contributed by atoms with van der Waals surface area (Å²) in [7, 11) is 0. The van der Waals surface area contributed by atoms with Gasteiger partial charge >= 0.3 is 0 Å². The van der Waals surface area contributed by atoms with Gasteiger partial charge in [0.05, 0.1) is 12.2 Å². The molecule has 152 valence electrons. The topological polar surface area (TPSA) is 66.5 Å². The van der Waals surface area contributed by atoms with E-state index in [1.54, 1.807) is 0 Å². The van der Waals surface area contributed by atoms with E-state index in [0.717, 1.165) is 19.3 Å². The highest BCUT2D eigenvalue weighted by Gasteiger charge is 2.64. The van der Waals surface area contributed by atoms with Crippen LogP contribution in [0.4, 0.5) is 0 Å². The van der Waals surface area contributed by atoms with Crippen molar-refractivity contribution in [2.24, 2.45) is 46.2 Å². The number of aliphatic hydroxyl groups is 2. The third-order valence-electron chi connectivity index (χ3n) is 9.15. The van der Waals surface area contributed by atoms with Crippen molar-refractivity contribution in [3.05, 3.63) is 12.7 Å². The van der Waals surface area contributed by atoms with Crippen LogP contribution in [0.2, 0.25) is 0 Å². The molecule has 4 N–H and O–H groups in total. The van der Waals surface area contributed by atoms with Crippen LogP contribution in [0.3, 0.4) is 0 Å². The lowest BCUT2D eigenvalue weighted by Crippen LogP contribution is -2.64. The Morgan fingerprint density at radius 2 is 1.54 bits per heavy atom. The Bertz CT molecular complexity index is 528. The van der Waals surface area contributed by atoms with Gasteiger partial charge in [0.2, 0.25) is 0 Å². The second-order valence-electron chi connectivity index (χ2n) is 9.88. The number of nitrogens with two attached hydrogens (primary N) is 1. The van der Waals surface area contributed by atoms with E-state index < -0.39 is 12.2 Å². The smallest absolute Gasteiger partial charge is 0.0836 e. The molecule has 0 aromatic carbocycles. The molecular weight excluding hydrogens is 346 g/mol. The van der Waals surface area contributed by atoms with Crippen molar-refractivity contribution in [1.82, 2.24) is 0 Å². The summed E-state index contributed by atoms with van der Waals surface area (Å²) >= 11 is 0. The molecule has 4 rings (SSSR count). The van der Waals surface area contributed by atoms with Crippen molar-refractivity contribution in [3.63, 3.8) is 0 Å². The number of allylic oxidation sites excluding steroid dienone is 1. The number of fused-ring (bicyclic) bond motifs is 5. The van der Waals surface area contributed by atoms with Gasteiger partial charge in [-0.2, -0.15) is 0 Å². The van der Waals surface area contributed by atoms with E-state index in [1.807, 2.05) is 0 Å². The maximum Gasteiger partial charge on any atom is 0.0836 e. The minimum absolute atomic E-state index is 0. The van der Waals surface area contributed by atoms with Gasteiger partial charge in [-0.15, -0.1) is 19.0 Å². The number of rotatable bonds is 1. The number of halogens is 1. The molecule has 4 saturated carbocycles. The van der Waals surface area contributed by atoms with Crippen molar-refractivity contribution in [2.75, 3.05) is 0 Å². The Morgan fingerprint density at radius 3 is 2.19 bits per heavy atom. The fourth-order valence-corrected chi connectivity index (χ4v) is 7.72. The minimum atomic E-state index is -0.604. The van der Waals surface area contributed by atoms with E-state index >= 15 is 0 Å². The molecule has 0 aromatic rings. The SMILES string of the molecule is C.C=C[C@H]1CCC2C3C(CC[C@@]21C)[C@@]1(C)CC[C@H](N)CC1[C@@H](O)[C@@H]3O.Cl. The van der Waals surface area contributed by atoms with E-state index in [9.17, 15) is 10.2 Å². The number of aliphatic hydroxyl groups excluding tert-OH is 2. The standard InChI is InChI=1S/C21H35NO2.CH4.ClH/c1-4-12-5-6-14-17-15(8-10-20(12,14)2)21(3)9-7-13(22)11-16(21)18(23)19(17)24;;/h4,12-19,23-24H,1,5-11,22H2,2-3H3;1H4;1H/t12-,13-,14?,15?,16?,17?,18+,19+,20+,21+;;/m0../s1. The molecule has 4 heteroatoms. The van der Waals surface area contributed by atoms with E-state index in [4.69, 9.17) is 5.73 Å². The quantitative estimate of drug-likeness (QED) is 0.594. The van der Waals surface area contributed by atoms with Gasteiger partial charge in [0, 0.05) is 6.04 Å². The highest BCUT2D eigenvalue weighted by molar-refractivity contribution is 5.85. The summed E-state index contributed by atoms with van der Waals surface area (Å²) in [4.78, 5) is 0. The maximum atomic E-state index is 11.1. The van der Waals surface area contributed by atoms with Gasteiger partial charge in [0.25, 0.3) is 0 Å². The molecule has 0 saturated heterocycles. The highest BCUT2D eigenvalue weighted by atomic mass is 35.5. The molecule has 0 heterocycles. The van der Waals surface area contributed by atoms with Crippen LogP contribution < -0.4 is 5.73 Å². The third-order valence-corrected chi connectivity index (χ3v) is 9.15. The molecule has 4 fully saturated rings. The highest BCUT2D eigenvalue weighted by Crippen LogP contribution is 2.67. The van der Waals surface area contributed by atoms with Gasteiger partial charge < -0.3 is 15.9 Å². The Hall–Kier alpha value is -0.0900. The third kappa shape index (κ3) is 2.80. The fourth-order valence-electron chi connectivity index (χ4n) is 7.72. The van der Waals surface area contributed by atoms with Crippen molar-refractivity contribution in [1.29, 1.82) is 0 Å². The second-order valence-corrected chi connectivity index (χ2v) is 9.88. The van der Waals surface area contributed by atoms with E-state index in [0.29, 0.717) is 17.8 Å². The molecule has 26 heavy (non-hydrogen) atoms. The molecule has 0 radical (unpaired) electrons. The molecule has 4 aliphatic rings. The zero-order valence-electron chi connectivity index (χ0n) is 15.7. The first-order chi connectivity index (χ1) is 11.3. The zero-order valence-corrected chi connectivity index (χ0v) is 16.5. The van der Waals surface area contributed by atoms with Gasteiger partial charge in [0.1, 0.15) is 0 Å². The van der Waals surface area contributed by atoms with E-state index in [1.165, 1.54) is 25.7 Å². The average molecular weight is 386 g/mol. The number of hydrogen-bond donors (Lipinski definition) is 3. The van der Waals surface area contributed by atoms with Crippen LogP contribution in [0, 0.1) is 40.4 Å². The van der Waals surface area contributed by atoms with Crippen LogP contribution in [0.1, 0.15) is 66.2 Å². The second kappa shape index (κ2) is 7.39. The lowest BCUT2D eigenvalue weighted by Gasteiger charge is -2.63. The molecule has 0 aromatic heterocycles. The van der Waals surface area contributed by atoms with Crippen molar-refractivity contribution in [3.8, 4) is 0 Å². The monoisotopic (exact) mass is 385 g/mol. The molecule has 0 spiro atoms. The van der Waals surface area contributed by atoms with Crippen LogP contribution in [-0.4, -0.2) is 28.5 Å². The van der Waals surface area contributed by atoms with Gasteiger partial charge in [0.15, 0.2) is 0 Å². The molecule has 0 amide bonds. The van der Waals surface area contributed by atoms with Crippen LogP contribution in [-0.2, 0) is 0 Å². The average Bonchev–Trinajstić information content (AvgIpc) is 2.90. The van der Waals surface area contributed by atoms with Crippen LogP contribution >= 0.6 is 12.4 Å². The predicted octanol–water partition coefficient (Wildman–Crippen LogP) is 4.16. The Morgan fingerprint density at radius 1 is 0.923 bits per heavy atom. The van der Waals surface area contributed by atoms with Gasteiger partial charge in [-0.3, -0.25) is 0 Å². The first-order valence-electron chi connectivity index (χ1n) is 10.1. The van der Waals surface area contributed by atoms with Gasteiger partial charge in [-0.1, -0.05) is 27.4 Å². The first-order valence-corrected chi connectivity index (χ1v) is 10.1. The summed E-state index contributed by atoms with van der Waals surface area (Å²) < 4.78 is 0. The maximum absolute atomic E-state index is 11.1. The fraction of sp³-hybridized carbons (Fsp3) is 0.909. The van der Waals surface area contributed by atoms with Gasteiger partial charge in [-0.25, -0.2) is 0 Å². The Balaban J connectivity index is 0.00000121. The van der Waals surface area contributed by atoms with Crippen molar-refractivity contribution < 1.29 is 10.2 Å². The van der Waals surface area contributed by atoms with Crippen molar-refractivity contribution >= 4 is 12.4 Å². The van der Waals surface area contributed by atoms with E-state index in [-0.39, 0.29) is 48.5 Å². The molecule has 4 aliphatic carbocycles. The van der Waals surface area contributed by atoms with Crippen molar-refractivity contribution in [2.45, 2.75) is 84.5 Å². The zero-order chi connectivity index (χ0) is 17.3. The summed E-state index contributed by atoms with van der Waals surface area (Å²) in [6.07, 6.45) is 8.82. The summed E-state index contributed by atoms with van der Waals surface area (Å²) in [6.45, 7) is 8.88. The molecular formula is C22H40ClNO2. The summed E-state index contributed by atoms with van der Waals surface area (Å²) in [5.74, 6) is 2.04. The van der Waals surface area contributed by atoms with E-state index in [2.05, 4.69) is 26.5 Å². The normalized spacial score (nSPS) is 55.4. The van der Waals surface area contributed by atoms with Crippen LogP contribution in [0.5, 0.6) is 0 Å². The predicted molar refractivity (Wildman–Crippen MR) is 110 cm³/mol.